The molecule has 0 spiro atoms. The normalized spacial score (nSPS) is 14.5. The van der Waals surface area contributed by atoms with E-state index in [4.69, 9.17) is 9.97 Å². The van der Waals surface area contributed by atoms with E-state index >= 15 is 0 Å². The second-order valence-electron chi connectivity index (χ2n) is 6.56. The molecule has 0 unspecified atom stereocenters. The Morgan fingerprint density at radius 1 is 1.23 bits per heavy atom. The number of thioether (sulfide) groups is 1. The number of benzene rings is 1. The van der Waals surface area contributed by atoms with Gasteiger partial charge in [0, 0.05) is 9.77 Å². The largest absolute Gasteiger partial charge is 0.394 e. The Labute approximate surface area is 162 Å². The lowest BCUT2D eigenvalue weighted by atomic mass is 10.1. The van der Waals surface area contributed by atoms with Gasteiger partial charge in [-0.25, -0.2) is 9.97 Å². The summed E-state index contributed by atoms with van der Waals surface area (Å²) in [7, 11) is 0. The van der Waals surface area contributed by atoms with E-state index < -0.39 is 0 Å². The standard InChI is InChI=1S/C20H23N3OS2/c1-2-13(11-24)21-19-18-15-9-6-10-16(15)26-20(18)23-17(22-19)12-25-14-7-4-3-5-8-14/h3-5,7-8,13,24H,2,6,9-12H2,1H3,(H,21,22,23)/t13-/m1/s1. The Hall–Kier alpha value is -1.63. The van der Waals surface area contributed by atoms with Crippen LogP contribution in [0.3, 0.4) is 0 Å². The van der Waals surface area contributed by atoms with Gasteiger partial charge in [0.15, 0.2) is 0 Å². The van der Waals surface area contributed by atoms with Crippen LogP contribution < -0.4 is 5.32 Å². The summed E-state index contributed by atoms with van der Waals surface area (Å²) >= 11 is 3.57. The van der Waals surface area contributed by atoms with Crippen molar-refractivity contribution in [1.82, 2.24) is 9.97 Å². The van der Waals surface area contributed by atoms with Crippen molar-refractivity contribution in [2.75, 3.05) is 11.9 Å². The number of hydrogen-bond acceptors (Lipinski definition) is 6. The van der Waals surface area contributed by atoms with Gasteiger partial charge in [0.25, 0.3) is 0 Å². The molecule has 0 fully saturated rings. The van der Waals surface area contributed by atoms with E-state index in [1.807, 2.05) is 17.4 Å². The van der Waals surface area contributed by atoms with Gasteiger partial charge in [-0.05, 0) is 43.4 Å². The molecular formula is C20H23N3OS2. The van der Waals surface area contributed by atoms with E-state index in [-0.39, 0.29) is 12.6 Å². The van der Waals surface area contributed by atoms with Crippen molar-refractivity contribution < 1.29 is 5.11 Å². The molecule has 26 heavy (non-hydrogen) atoms. The van der Waals surface area contributed by atoms with E-state index in [0.29, 0.717) is 0 Å². The highest BCUT2D eigenvalue weighted by molar-refractivity contribution is 7.98. The van der Waals surface area contributed by atoms with E-state index in [9.17, 15) is 5.11 Å². The van der Waals surface area contributed by atoms with Crippen molar-refractivity contribution in [3.8, 4) is 0 Å². The number of nitrogens with one attached hydrogen (secondary N) is 1. The number of fused-ring (bicyclic) bond motifs is 3. The van der Waals surface area contributed by atoms with E-state index in [1.54, 1.807) is 11.8 Å². The molecule has 1 aromatic carbocycles. The van der Waals surface area contributed by atoms with Gasteiger partial charge in [-0.1, -0.05) is 25.1 Å². The molecule has 0 radical (unpaired) electrons. The average molecular weight is 386 g/mol. The predicted molar refractivity (Wildman–Crippen MR) is 110 cm³/mol. The van der Waals surface area contributed by atoms with Crippen LogP contribution in [-0.4, -0.2) is 27.7 Å². The Bertz CT molecular complexity index is 891. The fraction of sp³-hybridized carbons (Fsp3) is 0.400. The molecule has 2 N–H and O–H groups in total. The molecule has 0 aliphatic heterocycles. The van der Waals surface area contributed by atoms with Crippen molar-refractivity contribution >= 4 is 39.1 Å². The third-order valence-corrected chi connectivity index (χ3v) is 6.97. The molecule has 3 aromatic rings. The quantitative estimate of drug-likeness (QED) is 0.580. The SMILES string of the molecule is CC[C@H](CO)Nc1nc(CSc2ccccc2)nc2sc3c(c12)CCC3. The van der Waals surface area contributed by atoms with Crippen LogP contribution in [0.2, 0.25) is 0 Å². The van der Waals surface area contributed by atoms with Crippen LogP contribution in [0, 0.1) is 0 Å². The first kappa shape index (κ1) is 17.8. The van der Waals surface area contributed by atoms with Crippen molar-refractivity contribution in [3.05, 3.63) is 46.6 Å². The second-order valence-corrected chi connectivity index (χ2v) is 8.69. The van der Waals surface area contributed by atoms with E-state index in [1.165, 1.54) is 27.1 Å². The van der Waals surface area contributed by atoms with Gasteiger partial charge >= 0.3 is 0 Å². The summed E-state index contributed by atoms with van der Waals surface area (Å²) in [6.45, 7) is 2.19. The second kappa shape index (κ2) is 7.94. The van der Waals surface area contributed by atoms with Crippen LogP contribution in [0.1, 0.15) is 36.0 Å². The minimum absolute atomic E-state index is 0.0275. The summed E-state index contributed by atoms with van der Waals surface area (Å²) in [5, 5.41) is 14.3. The van der Waals surface area contributed by atoms with E-state index in [2.05, 4.69) is 36.5 Å². The maximum Gasteiger partial charge on any atom is 0.142 e. The first-order valence-corrected chi connectivity index (χ1v) is 10.9. The van der Waals surface area contributed by atoms with Crippen LogP contribution in [0.5, 0.6) is 0 Å². The Morgan fingerprint density at radius 2 is 2.08 bits per heavy atom. The summed E-state index contributed by atoms with van der Waals surface area (Å²) in [6, 6.07) is 10.4. The zero-order chi connectivity index (χ0) is 17.9. The number of aryl methyl sites for hydroxylation is 2. The van der Waals surface area contributed by atoms with Crippen molar-refractivity contribution in [2.24, 2.45) is 0 Å². The molecule has 0 saturated heterocycles. The maximum absolute atomic E-state index is 9.62. The number of rotatable bonds is 7. The number of aliphatic hydroxyl groups is 1. The number of thiophene rings is 1. The highest BCUT2D eigenvalue weighted by Crippen LogP contribution is 2.40. The monoisotopic (exact) mass is 385 g/mol. The molecule has 0 amide bonds. The topological polar surface area (TPSA) is 58.0 Å². The lowest BCUT2D eigenvalue weighted by molar-refractivity contribution is 0.271. The Kier molecular flexibility index (Phi) is 5.43. The van der Waals surface area contributed by atoms with Gasteiger partial charge in [-0.2, -0.15) is 0 Å². The lowest BCUT2D eigenvalue weighted by Crippen LogP contribution is -2.23. The molecule has 4 rings (SSSR count). The third kappa shape index (κ3) is 3.59. The van der Waals surface area contributed by atoms with E-state index in [0.717, 1.165) is 41.5 Å². The molecule has 0 bridgehead atoms. The van der Waals surface area contributed by atoms with Crippen LogP contribution in [-0.2, 0) is 18.6 Å². The summed E-state index contributed by atoms with van der Waals surface area (Å²) in [4.78, 5) is 13.5. The number of nitrogens with zero attached hydrogens (tertiary/aromatic N) is 2. The summed E-state index contributed by atoms with van der Waals surface area (Å²) in [5.41, 5.74) is 1.42. The van der Waals surface area contributed by atoms with Crippen LogP contribution >= 0.6 is 23.1 Å². The van der Waals surface area contributed by atoms with Gasteiger partial charge in [0.2, 0.25) is 0 Å². The van der Waals surface area contributed by atoms with Crippen molar-refractivity contribution in [1.29, 1.82) is 0 Å². The molecule has 1 aliphatic carbocycles. The Balaban J connectivity index is 1.68. The number of aromatic nitrogens is 2. The van der Waals surface area contributed by atoms with Gasteiger partial charge in [0.05, 0.1) is 23.8 Å². The molecule has 1 aliphatic rings. The zero-order valence-electron chi connectivity index (χ0n) is 14.9. The fourth-order valence-electron chi connectivity index (χ4n) is 3.34. The lowest BCUT2D eigenvalue weighted by Gasteiger charge is -2.16. The molecule has 2 aromatic heterocycles. The summed E-state index contributed by atoms with van der Waals surface area (Å²) < 4.78 is 0. The number of aliphatic hydroxyl groups excluding tert-OH is 1. The summed E-state index contributed by atoms with van der Waals surface area (Å²) in [5.74, 6) is 2.49. The van der Waals surface area contributed by atoms with Gasteiger partial charge in [-0.15, -0.1) is 23.1 Å². The molecular weight excluding hydrogens is 362 g/mol. The first-order valence-electron chi connectivity index (χ1n) is 9.15. The maximum atomic E-state index is 9.62. The van der Waals surface area contributed by atoms with Gasteiger partial charge in [0.1, 0.15) is 16.5 Å². The van der Waals surface area contributed by atoms with Crippen LogP contribution in [0.4, 0.5) is 5.82 Å². The van der Waals surface area contributed by atoms with Crippen LogP contribution in [0.25, 0.3) is 10.2 Å². The molecule has 2 heterocycles. The van der Waals surface area contributed by atoms with Gasteiger partial charge < -0.3 is 10.4 Å². The van der Waals surface area contributed by atoms with Gasteiger partial charge in [-0.3, -0.25) is 0 Å². The smallest absolute Gasteiger partial charge is 0.142 e. The Morgan fingerprint density at radius 3 is 2.85 bits per heavy atom. The number of anilines is 1. The minimum atomic E-state index is 0.0275. The highest BCUT2D eigenvalue weighted by atomic mass is 32.2. The minimum Gasteiger partial charge on any atom is -0.394 e. The van der Waals surface area contributed by atoms with Crippen molar-refractivity contribution in [3.63, 3.8) is 0 Å². The predicted octanol–water partition coefficient (Wildman–Crippen LogP) is 4.66. The highest BCUT2D eigenvalue weighted by Gasteiger charge is 2.23. The molecule has 4 nitrogen and oxygen atoms in total. The average Bonchev–Trinajstić information content (AvgIpc) is 3.26. The van der Waals surface area contributed by atoms with Crippen LogP contribution in [0.15, 0.2) is 35.2 Å². The zero-order valence-corrected chi connectivity index (χ0v) is 16.5. The molecule has 136 valence electrons. The molecule has 6 heteroatoms. The molecule has 1 atom stereocenters. The third-order valence-electron chi connectivity index (χ3n) is 4.78. The van der Waals surface area contributed by atoms with Crippen molar-refractivity contribution in [2.45, 2.75) is 49.3 Å². The molecule has 0 saturated carbocycles. The summed E-state index contributed by atoms with van der Waals surface area (Å²) in [6.07, 6.45) is 4.35. The fourth-order valence-corrected chi connectivity index (χ4v) is 5.40. The number of hydrogen-bond donors (Lipinski definition) is 2. The first-order chi connectivity index (χ1) is 12.8.